The largest absolute Gasteiger partial charge is 0.318 e. The standard InChI is InChI=1S/C12H21N3/c1-12(2,10-14-9-8-13-3)11-6-4-5-7-15-11/h4-7,13-14H,8-10H2,1-3H3. The van der Waals surface area contributed by atoms with Crippen molar-refractivity contribution in [2.24, 2.45) is 0 Å². The lowest BCUT2D eigenvalue weighted by molar-refractivity contribution is 0.457. The van der Waals surface area contributed by atoms with Gasteiger partial charge in [-0.3, -0.25) is 4.98 Å². The lowest BCUT2D eigenvalue weighted by Gasteiger charge is -2.24. The average Bonchev–Trinajstić information content (AvgIpc) is 2.26. The van der Waals surface area contributed by atoms with E-state index in [1.807, 2.05) is 25.4 Å². The second-order valence-corrected chi connectivity index (χ2v) is 4.38. The maximum absolute atomic E-state index is 4.39. The predicted molar refractivity (Wildman–Crippen MR) is 64.1 cm³/mol. The van der Waals surface area contributed by atoms with E-state index in [4.69, 9.17) is 0 Å². The van der Waals surface area contributed by atoms with Crippen molar-refractivity contribution in [3.05, 3.63) is 30.1 Å². The quantitative estimate of drug-likeness (QED) is 0.688. The van der Waals surface area contributed by atoms with Gasteiger partial charge in [-0.1, -0.05) is 19.9 Å². The normalized spacial score (nSPS) is 11.7. The van der Waals surface area contributed by atoms with Gasteiger partial charge in [-0.2, -0.15) is 0 Å². The molecule has 84 valence electrons. The van der Waals surface area contributed by atoms with Crippen molar-refractivity contribution in [1.29, 1.82) is 0 Å². The number of hydrogen-bond donors (Lipinski definition) is 2. The third-order valence-corrected chi connectivity index (χ3v) is 2.48. The van der Waals surface area contributed by atoms with Crippen LogP contribution < -0.4 is 10.6 Å². The number of nitrogens with zero attached hydrogens (tertiary/aromatic N) is 1. The van der Waals surface area contributed by atoms with Gasteiger partial charge in [0.15, 0.2) is 0 Å². The van der Waals surface area contributed by atoms with Crippen LogP contribution in [-0.2, 0) is 5.41 Å². The van der Waals surface area contributed by atoms with Gasteiger partial charge >= 0.3 is 0 Å². The number of hydrogen-bond acceptors (Lipinski definition) is 3. The molecule has 0 aliphatic rings. The van der Waals surface area contributed by atoms with Crippen LogP contribution in [0.25, 0.3) is 0 Å². The molecule has 0 amide bonds. The SMILES string of the molecule is CNCCNCC(C)(C)c1ccccn1. The van der Waals surface area contributed by atoms with Crippen LogP contribution in [0.2, 0.25) is 0 Å². The molecule has 1 aromatic heterocycles. The van der Waals surface area contributed by atoms with E-state index in [1.165, 1.54) is 0 Å². The van der Waals surface area contributed by atoms with Gasteiger partial charge in [-0.05, 0) is 19.2 Å². The van der Waals surface area contributed by atoms with Crippen molar-refractivity contribution < 1.29 is 0 Å². The molecule has 3 heteroatoms. The highest BCUT2D eigenvalue weighted by Crippen LogP contribution is 2.19. The molecule has 0 fully saturated rings. The van der Waals surface area contributed by atoms with Crippen LogP contribution in [0.5, 0.6) is 0 Å². The van der Waals surface area contributed by atoms with Crippen LogP contribution in [0.4, 0.5) is 0 Å². The summed E-state index contributed by atoms with van der Waals surface area (Å²) < 4.78 is 0. The van der Waals surface area contributed by atoms with Crippen molar-refractivity contribution in [3.63, 3.8) is 0 Å². The minimum absolute atomic E-state index is 0.0923. The number of nitrogens with one attached hydrogen (secondary N) is 2. The zero-order valence-electron chi connectivity index (χ0n) is 9.88. The minimum atomic E-state index is 0.0923. The van der Waals surface area contributed by atoms with Crippen LogP contribution in [0.15, 0.2) is 24.4 Å². The second-order valence-electron chi connectivity index (χ2n) is 4.38. The summed E-state index contributed by atoms with van der Waals surface area (Å²) in [6.07, 6.45) is 1.85. The van der Waals surface area contributed by atoms with E-state index in [2.05, 4.69) is 35.5 Å². The van der Waals surface area contributed by atoms with Crippen LogP contribution >= 0.6 is 0 Å². The van der Waals surface area contributed by atoms with Gasteiger partial charge in [0.25, 0.3) is 0 Å². The van der Waals surface area contributed by atoms with Gasteiger partial charge in [-0.25, -0.2) is 0 Å². The van der Waals surface area contributed by atoms with Crippen LogP contribution in [0.3, 0.4) is 0 Å². The number of rotatable bonds is 6. The molecule has 2 N–H and O–H groups in total. The molecule has 0 aliphatic carbocycles. The molecule has 0 unspecified atom stereocenters. The van der Waals surface area contributed by atoms with Crippen molar-refractivity contribution in [2.45, 2.75) is 19.3 Å². The van der Waals surface area contributed by atoms with E-state index in [0.717, 1.165) is 25.3 Å². The summed E-state index contributed by atoms with van der Waals surface area (Å²) in [5.74, 6) is 0. The fraction of sp³-hybridized carbons (Fsp3) is 0.583. The maximum atomic E-state index is 4.39. The Labute approximate surface area is 92.3 Å². The third-order valence-electron chi connectivity index (χ3n) is 2.48. The Balaban J connectivity index is 2.45. The monoisotopic (exact) mass is 207 g/mol. The highest BCUT2D eigenvalue weighted by atomic mass is 14.9. The lowest BCUT2D eigenvalue weighted by Crippen LogP contribution is -2.36. The van der Waals surface area contributed by atoms with E-state index in [0.29, 0.717) is 0 Å². The molecule has 0 aromatic carbocycles. The first-order valence-electron chi connectivity index (χ1n) is 5.43. The van der Waals surface area contributed by atoms with Crippen LogP contribution in [0, 0.1) is 0 Å². The highest BCUT2D eigenvalue weighted by Gasteiger charge is 2.20. The summed E-state index contributed by atoms with van der Waals surface area (Å²) in [6, 6.07) is 6.07. The fourth-order valence-electron chi connectivity index (χ4n) is 1.47. The molecule has 1 heterocycles. The van der Waals surface area contributed by atoms with E-state index < -0.39 is 0 Å². The molecule has 0 bridgehead atoms. The Morgan fingerprint density at radius 1 is 1.27 bits per heavy atom. The number of likely N-dealkylation sites (N-methyl/N-ethyl adjacent to an activating group) is 1. The average molecular weight is 207 g/mol. The molecule has 0 saturated heterocycles. The molecule has 1 aromatic rings. The lowest BCUT2D eigenvalue weighted by atomic mass is 9.89. The Morgan fingerprint density at radius 2 is 2.07 bits per heavy atom. The van der Waals surface area contributed by atoms with Crippen molar-refractivity contribution in [2.75, 3.05) is 26.7 Å². The number of aromatic nitrogens is 1. The van der Waals surface area contributed by atoms with Gasteiger partial charge in [0.1, 0.15) is 0 Å². The van der Waals surface area contributed by atoms with Gasteiger partial charge in [0.2, 0.25) is 0 Å². The molecule has 15 heavy (non-hydrogen) atoms. The number of pyridine rings is 1. The van der Waals surface area contributed by atoms with E-state index in [9.17, 15) is 0 Å². The summed E-state index contributed by atoms with van der Waals surface area (Å²) in [6.45, 7) is 7.36. The Bertz CT molecular complexity index is 269. The first-order chi connectivity index (χ1) is 7.17. The molecule has 3 nitrogen and oxygen atoms in total. The molecule has 1 rings (SSSR count). The van der Waals surface area contributed by atoms with Gasteiger partial charge in [0, 0.05) is 36.9 Å². The molecular formula is C12H21N3. The first-order valence-corrected chi connectivity index (χ1v) is 5.43. The highest BCUT2D eigenvalue weighted by molar-refractivity contribution is 5.14. The summed E-state index contributed by atoms with van der Waals surface area (Å²) in [7, 11) is 1.96. The van der Waals surface area contributed by atoms with E-state index in [1.54, 1.807) is 0 Å². The minimum Gasteiger partial charge on any atom is -0.318 e. The topological polar surface area (TPSA) is 37.0 Å². The molecular weight excluding hydrogens is 186 g/mol. The zero-order valence-corrected chi connectivity index (χ0v) is 9.88. The first kappa shape index (κ1) is 12.1. The predicted octanol–water partition coefficient (Wildman–Crippen LogP) is 1.17. The van der Waals surface area contributed by atoms with Crippen molar-refractivity contribution in [3.8, 4) is 0 Å². The van der Waals surface area contributed by atoms with Crippen LogP contribution in [0.1, 0.15) is 19.5 Å². The molecule has 0 radical (unpaired) electrons. The van der Waals surface area contributed by atoms with Gasteiger partial charge in [0.05, 0.1) is 0 Å². The molecule has 0 spiro atoms. The van der Waals surface area contributed by atoms with Gasteiger partial charge in [-0.15, -0.1) is 0 Å². The maximum Gasteiger partial charge on any atom is 0.0472 e. The molecule has 0 saturated carbocycles. The Hall–Kier alpha value is -0.930. The summed E-state index contributed by atoms with van der Waals surface area (Å²) in [4.78, 5) is 4.39. The van der Waals surface area contributed by atoms with Crippen molar-refractivity contribution >= 4 is 0 Å². The summed E-state index contributed by atoms with van der Waals surface area (Å²) >= 11 is 0. The molecule has 0 aliphatic heterocycles. The van der Waals surface area contributed by atoms with E-state index >= 15 is 0 Å². The van der Waals surface area contributed by atoms with Gasteiger partial charge < -0.3 is 10.6 Å². The third kappa shape index (κ3) is 3.98. The van der Waals surface area contributed by atoms with E-state index in [-0.39, 0.29) is 5.41 Å². The Morgan fingerprint density at radius 3 is 2.67 bits per heavy atom. The fourth-order valence-corrected chi connectivity index (χ4v) is 1.47. The zero-order chi connectivity index (χ0) is 11.1. The molecule has 0 atom stereocenters. The summed E-state index contributed by atoms with van der Waals surface area (Å²) in [5, 5.41) is 6.54. The van der Waals surface area contributed by atoms with Crippen molar-refractivity contribution in [1.82, 2.24) is 15.6 Å². The smallest absolute Gasteiger partial charge is 0.0472 e. The second kappa shape index (κ2) is 5.83. The Kier molecular flexibility index (Phi) is 4.72. The summed E-state index contributed by atoms with van der Waals surface area (Å²) in [5.41, 5.74) is 1.23. The van der Waals surface area contributed by atoms with Crippen LogP contribution in [-0.4, -0.2) is 31.7 Å².